The van der Waals surface area contributed by atoms with Gasteiger partial charge >= 0.3 is 4.87 Å². The summed E-state index contributed by atoms with van der Waals surface area (Å²) in [5.74, 6) is 1.17. The minimum Gasteiger partial charge on any atom is -0.489 e. The second-order valence-corrected chi connectivity index (χ2v) is 8.77. The highest BCUT2D eigenvalue weighted by molar-refractivity contribution is 7.99. The summed E-state index contributed by atoms with van der Waals surface area (Å²) in [6.07, 6.45) is 0.994. The molecule has 0 aliphatic carbocycles. The Kier molecular flexibility index (Phi) is 5.38. The van der Waals surface area contributed by atoms with E-state index in [-0.39, 0.29) is 16.7 Å². The Morgan fingerprint density at radius 2 is 2.04 bits per heavy atom. The molecule has 0 fully saturated rings. The predicted molar refractivity (Wildman–Crippen MR) is 109 cm³/mol. The smallest absolute Gasteiger partial charge is 0.305 e. The van der Waals surface area contributed by atoms with Gasteiger partial charge in [0.15, 0.2) is 0 Å². The van der Waals surface area contributed by atoms with Crippen LogP contribution in [-0.2, 0) is 11.4 Å². The average molecular weight is 418 g/mol. The summed E-state index contributed by atoms with van der Waals surface area (Å²) in [4.78, 5) is 27.1. The molecule has 0 amide bonds. The summed E-state index contributed by atoms with van der Waals surface area (Å²) < 4.78 is 5.83. The Morgan fingerprint density at radius 3 is 2.78 bits per heavy atom. The lowest BCUT2D eigenvalue weighted by Crippen LogP contribution is -2.21. The highest BCUT2D eigenvalue weighted by atomic mass is 35.5. The van der Waals surface area contributed by atoms with Crippen molar-refractivity contribution in [2.75, 3.05) is 5.75 Å². The molecule has 2 heterocycles. The lowest BCUT2D eigenvalue weighted by atomic mass is 9.86. The summed E-state index contributed by atoms with van der Waals surface area (Å²) in [5, 5.41) is 1.57. The van der Waals surface area contributed by atoms with E-state index in [2.05, 4.69) is 4.98 Å². The number of carbonyl (C=O) groups is 1. The first-order valence-electron chi connectivity index (χ1n) is 8.42. The van der Waals surface area contributed by atoms with E-state index in [1.54, 1.807) is 0 Å². The van der Waals surface area contributed by atoms with Crippen LogP contribution >= 0.6 is 34.7 Å². The maximum atomic E-state index is 11.8. The van der Waals surface area contributed by atoms with Crippen molar-refractivity contribution in [3.05, 3.63) is 79.2 Å². The maximum Gasteiger partial charge on any atom is 0.305 e. The zero-order valence-electron chi connectivity index (χ0n) is 14.2. The van der Waals surface area contributed by atoms with Crippen LogP contribution < -0.4 is 9.61 Å². The minimum atomic E-state index is -0.146. The molecule has 0 radical (unpaired) electrons. The monoisotopic (exact) mass is 417 g/mol. The molecule has 27 heavy (non-hydrogen) atoms. The number of fused-ring (bicyclic) bond motifs is 1. The second kappa shape index (κ2) is 7.92. The normalized spacial score (nSPS) is 18.7. The van der Waals surface area contributed by atoms with Crippen molar-refractivity contribution >= 4 is 41.0 Å². The molecule has 3 aromatic rings. The van der Waals surface area contributed by atoms with E-state index in [9.17, 15) is 9.59 Å². The predicted octanol–water partition coefficient (Wildman–Crippen LogP) is 4.72. The first-order chi connectivity index (χ1) is 13.1. The molecule has 1 aliphatic heterocycles. The van der Waals surface area contributed by atoms with E-state index in [1.807, 2.05) is 48.5 Å². The summed E-state index contributed by atoms with van der Waals surface area (Å²) in [5.41, 5.74) is 2.01. The van der Waals surface area contributed by atoms with Crippen LogP contribution in [0, 0.1) is 5.92 Å². The number of hydrogen-bond donors (Lipinski definition) is 1. The van der Waals surface area contributed by atoms with Gasteiger partial charge in [0.1, 0.15) is 18.6 Å². The molecule has 1 N–H and O–H groups in total. The lowest BCUT2D eigenvalue weighted by Gasteiger charge is -2.27. The molecular weight excluding hydrogens is 402 g/mol. The second-order valence-electron chi connectivity index (χ2n) is 6.28. The molecule has 2 aromatic carbocycles. The number of benzene rings is 2. The molecule has 1 aromatic heterocycles. The van der Waals surface area contributed by atoms with Gasteiger partial charge < -0.3 is 14.5 Å². The average Bonchev–Trinajstić information content (AvgIpc) is 3.06. The highest BCUT2D eigenvalue weighted by Crippen LogP contribution is 2.44. The minimum absolute atomic E-state index is 0.0782. The van der Waals surface area contributed by atoms with Crippen LogP contribution in [0.15, 0.2) is 58.4 Å². The lowest BCUT2D eigenvalue weighted by molar-refractivity contribution is -0.110. The molecule has 0 bridgehead atoms. The third kappa shape index (κ3) is 3.98. The van der Waals surface area contributed by atoms with Crippen molar-refractivity contribution in [3.63, 3.8) is 0 Å². The SMILES string of the molecule is O=CC1CSc2[nH]c(=O)sc2C1c1ccc(OCc2cccc(Cl)c2)cc1. The Bertz CT molecular complexity index is 1010. The molecule has 0 spiro atoms. The van der Waals surface area contributed by atoms with Gasteiger partial charge in [-0.3, -0.25) is 4.79 Å². The molecule has 2 unspecified atom stereocenters. The molecule has 138 valence electrons. The number of ether oxygens (including phenoxy) is 1. The number of aldehydes is 1. The third-order valence-corrected chi connectivity index (χ3v) is 6.97. The van der Waals surface area contributed by atoms with Gasteiger partial charge in [-0.1, -0.05) is 47.2 Å². The van der Waals surface area contributed by atoms with E-state index < -0.39 is 0 Å². The summed E-state index contributed by atoms with van der Waals surface area (Å²) >= 11 is 8.72. The number of nitrogens with one attached hydrogen (secondary N) is 1. The molecule has 1 aliphatic rings. The molecule has 4 nitrogen and oxygen atoms in total. The van der Waals surface area contributed by atoms with Crippen molar-refractivity contribution in [1.29, 1.82) is 0 Å². The van der Waals surface area contributed by atoms with Gasteiger partial charge in [-0.15, -0.1) is 11.8 Å². The Balaban J connectivity index is 1.54. The number of aromatic amines is 1. The number of hydrogen-bond acceptors (Lipinski definition) is 5. The Labute approximate surface area is 169 Å². The standard InChI is InChI=1S/C20H16ClNO3S2/c21-15-3-1-2-12(8-15)10-25-16-6-4-13(5-7-16)17-14(9-23)11-26-19-18(17)27-20(24)22-19/h1-9,14,17H,10-11H2,(H,22,24). The first kappa shape index (κ1) is 18.3. The summed E-state index contributed by atoms with van der Waals surface area (Å²) in [6, 6.07) is 15.3. The Hall–Kier alpha value is -2.02. The third-order valence-electron chi connectivity index (χ3n) is 4.48. The number of aromatic nitrogens is 1. The topological polar surface area (TPSA) is 59.2 Å². The van der Waals surface area contributed by atoms with Gasteiger partial charge in [0.2, 0.25) is 0 Å². The number of rotatable bonds is 5. The fourth-order valence-corrected chi connectivity index (χ4v) is 5.77. The molecule has 4 rings (SSSR count). The van der Waals surface area contributed by atoms with Crippen LogP contribution in [0.5, 0.6) is 5.75 Å². The van der Waals surface area contributed by atoms with Crippen LogP contribution in [0.4, 0.5) is 0 Å². The number of H-pyrrole nitrogens is 1. The largest absolute Gasteiger partial charge is 0.489 e. The van der Waals surface area contributed by atoms with Gasteiger partial charge in [-0.05, 0) is 35.4 Å². The zero-order valence-corrected chi connectivity index (χ0v) is 16.6. The van der Waals surface area contributed by atoms with Crippen LogP contribution in [0.2, 0.25) is 5.02 Å². The molecule has 0 saturated heterocycles. The van der Waals surface area contributed by atoms with Crippen molar-refractivity contribution in [3.8, 4) is 5.75 Å². The number of thiazole rings is 1. The van der Waals surface area contributed by atoms with Crippen LogP contribution in [0.25, 0.3) is 0 Å². The molecular formula is C20H16ClNO3S2. The number of halogens is 1. The zero-order chi connectivity index (χ0) is 18.8. The summed E-state index contributed by atoms with van der Waals surface area (Å²) in [7, 11) is 0. The van der Waals surface area contributed by atoms with E-state index in [4.69, 9.17) is 16.3 Å². The fraction of sp³-hybridized carbons (Fsp3) is 0.200. The summed E-state index contributed by atoms with van der Waals surface area (Å²) in [6.45, 7) is 0.431. The maximum absolute atomic E-state index is 11.8. The van der Waals surface area contributed by atoms with Gasteiger partial charge in [0.25, 0.3) is 0 Å². The molecule has 0 saturated carbocycles. The van der Waals surface area contributed by atoms with E-state index in [0.717, 1.165) is 33.1 Å². The van der Waals surface area contributed by atoms with Gasteiger partial charge in [-0.2, -0.15) is 0 Å². The van der Waals surface area contributed by atoms with Crippen molar-refractivity contribution in [2.45, 2.75) is 17.6 Å². The Morgan fingerprint density at radius 1 is 1.22 bits per heavy atom. The number of carbonyl (C=O) groups excluding carboxylic acids is 1. The van der Waals surface area contributed by atoms with E-state index in [0.29, 0.717) is 17.4 Å². The van der Waals surface area contributed by atoms with Crippen LogP contribution in [0.3, 0.4) is 0 Å². The quantitative estimate of drug-likeness (QED) is 0.610. The van der Waals surface area contributed by atoms with Gasteiger partial charge in [-0.25, -0.2) is 0 Å². The van der Waals surface area contributed by atoms with Crippen molar-refractivity contribution < 1.29 is 9.53 Å². The fourth-order valence-electron chi connectivity index (χ4n) is 3.19. The first-order valence-corrected chi connectivity index (χ1v) is 10.6. The van der Waals surface area contributed by atoms with Gasteiger partial charge in [0, 0.05) is 27.5 Å². The molecule has 2 atom stereocenters. The molecule has 7 heteroatoms. The number of thioether (sulfide) groups is 1. The highest BCUT2D eigenvalue weighted by Gasteiger charge is 2.33. The van der Waals surface area contributed by atoms with E-state index in [1.165, 1.54) is 23.1 Å². The van der Waals surface area contributed by atoms with Crippen molar-refractivity contribution in [2.24, 2.45) is 5.92 Å². The van der Waals surface area contributed by atoms with Gasteiger partial charge in [0.05, 0.1) is 5.03 Å². The van der Waals surface area contributed by atoms with Crippen LogP contribution in [0.1, 0.15) is 21.9 Å². The van der Waals surface area contributed by atoms with E-state index >= 15 is 0 Å². The van der Waals surface area contributed by atoms with Crippen molar-refractivity contribution in [1.82, 2.24) is 4.98 Å². The van der Waals surface area contributed by atoms with Crippen LogP contribution in [-0.4, -0.2) is 17.0 Å².